The third-order valence-corrected chi connectivity index (χ3v) is 5.73. The Bertz CT molecular complexity index is 779. The predicted octanol–water partition coefficient (Wildman–Crippen LogP) is 6.70. The van der Waals surface area contributed by atoms with E-state index in [0.717, 1.165) is 22.3 Å². The summed E-state index contributed by atoms with van der Waals surface area (Å²) in [6, 6.07) is 14.8. The van der Waals surface area contributed by atoms with E-state index >= 15 is 0 Å². The smallest absolute Gasteiger partial charge is 0.0771 e. The molecule has 1 heterocycles. The second-order valence-corrected chi connectivity index (χ2v) is 8.45. The van der Waals surface area contributed by atoms with Gasteiger partial charge >= 0.3 is 0 Å². The van der Waals surface area contributed by atoms with Gasteiger partial charge in [0, 0.05) is 28.5 Å². The largest absolute Gasteiger partial charge is 0.366 e. The summed E-state index contributed by atoms with van der Waals surface area (Å²) in [5.41, 5.74) is 5.18. The molecule has 1 atom stereocenters. The zero-order chi connectivity index (χ0) is 18.0. The molecule has 0 saturated heterocycles. The van der Waals surface area contributed by atoms with Gasteiger partial charge in [0.15, 0.2) is 0 Å². The maximum atomic E-state index is 4.65. The van der Waals surface area contributed by atoms with Gasteiger partial charge in [-0.3, -0.25) is 4.99 Å². The number of anilines is 1. The van der Waals surface area contributed by atoms with Gasteiger partial charge in [-0.05, 0) is 83.9 Å². The van der Waals surface area contributed by atoms with Crippen molar-refractivity contribution in [2.24, 2.45) is 4.99 Å². The average molecular weight is 399 g/mol. The van der Waals surface area contributed by atoms with E-state index in [-0.39, 0.29) is 5.54 Å². The molecule has 25 heavy (non-hydrogen) atoms. The molecule has 0 fully saturated rings. The lowest BCUT2D eigenvalue weighted by molar-refractivity contribution is 0.376. The molecule has 3 rings (SSSR count). The van der Waals surface area contributed by atoms with Crippen LogP contribution in [0.1, 0.15) is 57.6 Å². The Balaban J connectivity index is 1.94. The van der Waals surface area contributed by atoms with Gasteiger partial charge in [0.25, 0.3) is 0 Å². The van der Waals surface area contributed by atoms with Gasteiger partial charge in [-0.2, -0.15) is 0 Å². The number of aliphatic imine (C=N–C) groups is 1. The van der Waals surface area contributed by atoms with Crippen LogP contribution in [-0.2, 0) is 0 Å². The van der Waals surface area contributed by atoms with E-state index < -0.39 is 0 Å². The van der Waals surface area contributed by atoms with E-state index in [1.807, 2.05) is 30.5 Å². The SMILES string of the molecule is CCCN1c2ccc(C=Nc3ccccc3Br)cc2C(C)CC1(C)C. The summed E-state index contributed by atoms with van der Waals surface area (Å²) in [6.45, 7) is 10.4. The Labute approximate surface area is 160 Å². The minimum absolute atomic E-state index is 0.215. The molecule has 0 spiro atoms. The van der Waals surface area contributed by atoms with Crippen LogP contribution in [0.15, 0.2) is 51.9 Å². The van der Waals surface area contributed by atoms with Crippen LogP contribution < -0.4 is 4.90 Å². The first-order chi connectivity index (χ1) is 11.9. The molecule has 2 aromatic carbocycles. The van der Waals surface area contributed by atoms with Crippen molar-refractivity contribution >= 4 is 33.5 Å². The van der Waals surface area contributed by atoms with Crippen LogP contribution in [-0.4, -0.2) is 18.3 Å². The van der Waals surface area contributed by atoms with Gasteiger partial charge in [0.1, 0.15) is 0 Å². The molecule has 0 radical (unpaired) electrons. The van der Waals surface area contributed by atoms with Gasteiger partial charge in [-0.15, -0.1) is 0 Å². The molecule has 2 nitrogen and oxygen atoms in total. The molecule has 1 aliphatic heterocycles. The summed E-state index contributed by atoms with van der Waals surface area (Å²) < 4.78 is 1.02. The van der Waals surface area contributed by atoms with E-state index in [2.05, 4.69) is 71.7 Å². The molecular weight excluding hydrogens is 372 g/mol. The molecule has 3 heteroatoms. The zero-order valence-corrected chi connectivity index (χ0v) is 17.2. The van der Waals surface area contributed by atoms with E-state index in [4.69, 9.17) is 0 Å². The van der Waals surface area contributed by atoms with Crippen molar-refractivity contribution in [3.05, 3.63) is 58.1 Å². The topological polar surface area (TPSA) is 15.6 Å². The van der Waals surface area contributed by atoms with Crippen molar-refractivity contribution in [1.82, 2.24) is 0 Å². The van der Waals surface area contributed by atoms with Crippen LogP contribution in [0, 0.1) is 0 Å². The zero-order valence-electron chi connectivity index (χ0n) is 15.6. The molecule has 0 amide bonds. The predicted molar refractivity (Wildman–Crippen MR) is 113 cm³/mol. The number of hydrogen-bond acceptors (Lipinski definition) is 2. The van der Waals surface area contributed by atoms with Crippen LogP contribution in [0.4, 0.5) is 11.4 Å². The summed E-state index contributed by atoms with van der Waals surface area (Å²) in [5.74, 6) is 0.565. The maximum absolute atomic E-state index is 4.65. The highest BCUT2D eigenvalue weighted by atomic mass is 79.9. The molecule has 0 aromatic heterocycles. The highest BCUT2D eigenvalue weighted by molar-refractivity contribution is 9.10. The van der Waals surface area contributed by atoms with Crippen LogP contribution in [0.5, 0.6) is 0 Å². The summed E-state index contributed by atoms with van der Waals surface area (Å²) in [4.78, 5) is 7.23. The average Bonchev–Trinajstić information content (AvgIpc) is 2.57. The van der Waals surface area contributed by atoms with Gasteiger partial charge in [-0.25, -0.2) is 0 Å². The lowest BCUT2D eigenvalue weighted by Crippen LogP contribution is -2.48. The monoisotopic (exact) mass is 398 g/mol. The molecule has 0 saturated carbocycles. The van der Waals surface area contributed by atoms with Crippen molar-refractivity contribution in [3.63, 3.8) is 0 Å². The number of benzene rings is 2. The normalized spacial score (nSPS) is 19.2. The maximum Gasteiger partial charge on any atom is 0.0771 e. The Morgan fingerprint density at radius 3 is 2.72 bits per heavy atom. The van der Waals surface area contributed by atoms with E-state index in [0.29, 0.717) is 5.92 Å². The molecule has 2 aromatic rings. The van der Waals surface area contributed by atoms with Crippen molar-refractivity contribution in [2.75, 3.05) is 11.4 Å². The molecule has 0 bridgehead atoms. The standard InChI is InChI=1S/C22H27BrN2/c1-5-12-25-21-11-10-17(13-18(21)16(2)14-22(25,3)4)15-24-20-9-7-6-8-19(20)23/h6-11,13,15-16H,5,12,14H2,1-4H3. The van der Waals surface area contributed by atoms with Crippen molar-refractivity contribution in [1.29, 1.82) is 0 Å². The Kier molecular flexibility index (Phi) is 5.33. The second kappa shape index (κ2) is 7.33. The molecule has 0 aliphatic carbocycles. The van der Waals surface area contributed by atoms with Gasteiger partial charge in [-0.1, -0.05) is 32.0 Å². The Morgan fingerprint density at radius 2 is 2.00 bits per heavy atom. The van der Waals surface area contributed by atoms with Crippen LogP contribution in [0.25, 0.3) is 0 Å². The van der Waals surface area contributed by atoms with Gasteiger partial charge in [0.2, 0.25) is 0 Å². The Hall–Kier alpha value is -1.61. The number of halogens is 1. The van der Waals surface area contributed by atoms with E-state index in [1.54, 1.807) is 0 Å². The third kappa shape index (κ3) is 3.82. The minimum Gasteiger partial charge on any atom is -0.366 e. The third-order valence-electron chi connectivity index (χ3n) is 5.06. The van der Waals surface area contributed by atoms with Crippen LogP contribution in [0.2, 0.25) is 0 Å². The van der Waals surface area contributed by atoms with Gasteiger partial charge in [0.05, 0.1) is 5.69 Å². The summed E-state index contributed by atoms with van der Waals surface area (Å²) in [6.07, 6.45) is 4.32. The van der Waals surface area contributed by atoms with E-state index in [1.165, 1.54) is 24.1 Å². The minimum atomic E-state index is 0.215. The second-order valence-electron chi connectivity index (χ2n) is 7.60. The van der Waals surface area contributed by atoms with Gasteiger partial charge < -0.3 is 4.90 Å². The Morgan fingerprint density at radius 1 is 1.24 bits per heavy atom. The molecule has 1 unspecified atom stereocenters. The number of fused-ring (bicyclic) bond motifs is 1. The highest BCUT2D eigenvalue weighted by Gasteiger charge is 2.35. The van der Waals surface area contributed by atoms with E-state index in [9.17, 15) is 0 Å². The number of hydrogen-bond donors (Lipinski definition) is 0. The summed E-state index contributed by atoms with van der Waals surface area (Å²) in [7, 11) is 0. The number of para-hydroxylation sites is 1. The fraction of sp³-hybridized carbons (Fsp3) is 0.409. The lowest BCUT2D eigenvalue weighted by Gasteiger charge is -2.47. The van der Waals surface area contributed by atoms with Crippen molar-refractivity contribution < 1.29 is 0 Å². The van der Waals surface area contributed by atoms with Crippen LogP contribution in [0.3, 0.4) is 0 Å². The first-order valence-corrected chi connectivity index (χ1v) is 9.92. The fourth-order valence-corrected chi connectivity index (χ4v) is 4.32. The van der Waals surface area contributed by atoms with Crippen LogP contribution >= 0.6 is 15.9 Å². The summed E-state index contributed by atoms with van der Waals surface area (Å²) >= 11 is 3.56. The molecule has 132 valence electrons. The van der Waals surface area contributed by atoms with Crippen molar-refractivity contribution in [3.8, 4) is 0 Å². The molecule has 1 aliphatic rings. The number of nitrogens with zero attached hydrogens (tertiary/aromatic N) is 2. The summed E-state index contributed by atoms with van der Waals surface area (Å²) in [5, 5.41) is 0. The fourth-order valence-electron chi connectivity index (χ4n) is 3.94. The first-order valence-electron chi connectivity index (χ1n) is 9.12. The first kappa shape index (κ1) is 18.2. The molecular formula is C22H27BrN2. The quantitative estimate of drug-likeness (QED) is 0.522. The lowest BCUT2D eigenvalue weighted by atomic mass is 9.79. The van der Waals surface area contributed by atoms with Crippen molar-refractivity contribution in [2.45, 2.75) is 52.0 Å². The highest BCUT2D eigenvalue weighted by Crippen LogP contribution is 2.43. The molecule has 0 N–H and O–H groups in total. The number of rotatable bonds is 4.